The van der Waals surface area contributed by atoms with Crippen molar-refractivity contribution in [1.29, 1.82) is 0 Å². The molecule has 0 bridgehead atoms. The van der Waals surface area contributed by atoms with E-state index < -0.39 is 0 Å². The van der Waals surface area contributed by atoms with Crippen molar-refractivity contribution in [3.05, 3.63) is 52.0 Å². The summed E-state index contributed by atoms with van der Waals surface area (Å²) in [5, 5.41) is 3.49. The number of hydrogen-bond acceptors (Lipinski definition) is 4. The second kappa shape index (κ2) is 9.88. The molecule has 1 N–H and O–H groups in total. The van der Waals surface area contributed by atoms with Gasteiger partial charge < -0.3 is 19.5 Å². The zero-order chi connectivity index (χ0) is 20.8. The normalized spacial score (nSPS) is 15.4. The molecule has 1 atom stereocenters. The van der Waals surface area contributed by atoms with Gasteiger partial charge >= 0.3 is 0 Å². The summed E-state index contributed by atoms with van der Waals surface area (Å²) in [7, 11) is 3.25. The maximum Gasteiger partial charge on any atom is 0.220 e. The molecule has 0 radical (unpaired) electrons. The van der Waals surface area contributed by atoms with Crippen molar-refractivity contribution < 1.29 is 19.0 Å². The Kier molecular flexibility index (Phi) is 7.26. The number of amides is 1. The summed E-state index contributed by atoms with van der Waals surface area (Å²) in [6.07, 6.45) is 3.62. The Morgan fingerprint density at radius 3 is 2.76 bits per heavy atom. The molecule has 2 aromatic carbocycles. The van der Waals surface area contributed by atoms with E-state index in [1.54, 1.807) is 20.3 Å². The molecule has 0 aromatic heterocycles. The van der Waals surface area contributed by atoms with Crippen LogP contribution in [0.3, 0.4) is 0 Å². The van der Waals surface area contributed by atoms with Crippen LogP contribution < -0.4 is 19.5 Å². The summed E-state index contributed by atoms with van der Waals surface area (Å²) < 4.78 is 16.2. The summed E-state index contributed by atoms with van der Waals surface area (Å²) in [5.41, 5.74) is 3.42. The number of rotatable bonds is 8. The minimum atomic E-state index is 0.0302. The van der Waals surface area contributed by atoms with Crippen LogP contribution in [0, 0.1) is 0 Å². The molecule has 3 rings (SSSR count). The lowest BCUT2D eigenvalue weighted by Gasteiger charge is -2.25. The quantitative estimate of drug-likeness (QED) is 0.664. The first-order chi connectivity index (χ1) is 14.0. The first-order valence-electron chi connectivity index (χ1n) is 9.98. The molecular formula is C23H28ClNO4. The van der Waals surface area contributed by atoms with Crippen LogP contribution in [0.4, 0.5) is 0 Å². The van der Waals surface area contributed by atoms with E-state index in [-0.39, 0.29) is 11.8 Å². The Hall–Kier alpha value is -2.40. The van der Waals surface area contributed by atoms with Crippen LogP contribution >= 0.6 is 11.6 Å². The highest BCUT2D eigenvalue weighted by molar-refractivity contribution is 6.32. The molecule has 2 aromatic rings. The maximum absolute atomic E-state index is 12.6. The number of carbonyl (C=O) groups excluding carboxylic acids is 1. The van der Waals surface area contributed by atoms with Gasteiger partial charge in [-0.15, -0.1) is 0 Å². The van der Waals surface area contributed by atoms with Gasteiger partial charge in [0, 0.05) is 13.0 Å². The zero-order valence-corrected chi connectivity index (χ0v) is 18.0. The largest absolute Gasteiger partial charge is 0.497 e. The monoisotopic (exact) mass is 417 g/mol. The van der Waals surface area contributed by atoms with E-state index in [2.05, 4.69) is 17.4 Å². The van der Waals surface area contributed by atoms with Crippen molar-refractivity contribution in [2.75, 3.05) is 20.8 Å². The van der Waals surface area contributed by atoms with Gasteiger partial charge in [-0.1, -0.05) is 17.7 Å². The van der Waals surface area contributed by atoms with Crippen LogP contribution in [0.25, 0.3) is 0 Å². The molecule has 0 saturated heterocycles. The Labute approximate surface area is 177 Å². The molecular weight excluding hydrogens is 390 g/mol. The number of aryl methyl sites for hydroxylation is 1. The molecule has 0 saturated carbocycles. The Morgan fingerprint density at radius 1 is 1.21 bits per heavy atom. The molecule has 1 aliphatic carbocycles. The van der Waals surface area contributed by atoms with E-state index in [4.69, 9.17) is 25.8 Å². The first kappa shape index (κ1) is 21.3. The molecule has 5 nitrogen and oxygen atoms in total. The van der Waals surface area contributed by atoms with Crippen molar-refractivity contribution >= 4 is 17.5 Å². The molecule has 29 heavy (non-hydrogen) atoms. The Bertz CT molecular complexity index is 868. The molecule has 6 heteroatoms. The topological polar surface area (TPSA) is 56.8 Å². The summed E-state index contributed by atoms with van der Waals surface area (Å²) in [6.45, 7) is 2.79. The summed E-state index contributed by atoms with van der Waals surface area (Å²) in [5.74, 6) is 2.24. The Balaban J connectivity index is 1.63. The lowest BCUT2D eigenvalue weighted by Crippen LogP contribution is -2.25. The van der Waals surface area contributed by atoms with Crippen molar-refractivity contribution in [3.8, 4) is 17.2 Å². The predicted octanol–water partition coefficient (Wildman–Crippen LogP) is 4.88. The fourth-order valence-electron chi connectivity index (χ4n) is 3.89. The number of halogens is 1. The maximum atomic E-state index is 12.6. The van der Waals surface area contributed by atoms with Crippen LogP contribution in [0.1, 0.15) is 48.8 Å². The van der Waals surface area contributed by atoms with Gasteiger partial charge in [-0.3, -0.25) is 4.79 Å². The molecule has 0 spiro atoms. The standard InChI is InChI=1S/C23H28ClNO4/c1-4-29-23-20(24)10-15(11-21(23)28-3)14-25-22(26)13-17-7-5-6-16-12-18(27-2)8-9-19(16)17/h8-12,17H,4-7,13-14H2,1-3H3,(H,25,26). The fraction of sp³-hybridized carbons (Fsp3) is 0.435. The van der Waals surface area contributed by atoms with E-state index in [1.165, 1.54) is 11.1 Å². The van der Waals surface area contributed by atoms with Crippen LogP contribution in [0.15, 0.2) is 30.3 Å². The van der Waals surface area contributed by atoms with Gasteiger partial charge in [-0.05, 0) is 73.1 Å². The summed E-state index contributed by atoms with van der Waals surface area (Å²) in [4.78, 5) is 12.6. The number of ether oxygens (including phenoxy) is 3. The van der Waals surface area contributed by atoms with Gasteiger partial charge in [0.25, 0.3) is 0 Å². The van der Waals surface area contributed by atoms with Crippen LogP contribution in [-0.2, 0) is 17.8 Å². The second-order valence-corrected chi connectivity index (χ2v) is 7.58. The number of fused-ring (bicyclic) bond motifs is 1. The number of carbonyl (C=O) groups is 1. The number of benzene rings is 2. The summed E-state index contributed by atoms with van der Waals surface area (Å²) >= 11 is 6.32. The summed E-state index contributed by atoms with van der Waals surface area (Å²) in [6, 6.07) is 9.82. The van der Waals surface area contributed by atoms with Crippen LogP contribution in [0.5, 0.6) is 17.2 Å². The van der Waals surface area contributed by atoms with Crippen molar-refractivity contribution in [2.45, 2.75) is 45.1 Å². The molecule has 0 aliphatic heterocycles. The van der Waals surface area contributed by atoms with Crippen molar-refractivity contribution in [2.24, 2.45) is 0 Å². The second-order valence-electron chi connectivity index (χ2n) is 7.18. The molecule has 156 valence electrons. The van der Waals surface area contributed by atoms with E-state index >= 15 is 0 Å². The van der Waals surface area contributed by atoms with Gasteiger partial charge in [0.15, 0.2) is 11.5 Å². The van der Waals surface area contributed by atoms with Gasteiger partial charge in [-0.25, -0.2) is 0 Å². The number of nitrogens with one attached hydrogen (secondary N) is 1. The van der Waals surface area contributed by atoms with E-state index in [0.29, 0.717) is 36.1 Å². The Morgan fingerprint density at radius 2 is 2.03 bits per heavy atom. The van der Waals surface area contributed by atoms with Crippen molar-refractivity contribution in [1.82, 2.24) is 5.32 Å². The van der Waals surface area contributed by atoms with E-state index in [0.717, 1.165) is 30.6 Å². The van der Waals surface area contributed by atoms with Crippen molar-refractivity contribution in [3.63, 3.8) is 0 Å². The third-order valence-electron chi connectivity index (χ3n) is 5.29. The number of methoxy groups -OCH3 is 2. The minimum absolute atomic E-state index is 0.0302. The molecule has 0 heterocycles. The molecule has 1 aliphatic rings. The average molecular weight is 418 g/mol. The SMILES string of the molecule is CCOc1c(Cl)cc(CNC(=O)CC2CCCc3cc(OC)ccc32)cc1OC. The molecule has 0 fully saturated rings. The highest BCUT2D eigenvalue weighted by atomic mass is 35.5. The fourth-order valence-corrected chi connectivity index (χ4v) is 4.17. The minimum Gasteiger partial charge on any atom is -0.497 e. The predicted molar refractivity (Wildman–Crippen MR) is 114 cm³/mol. The van der Waals surface area contributed by atoms with Gasteiger partial charge in [-0.2, -0.15) is 0 Å². The third kappa shape index (κ3) is 5.15. The highest BCUT2D eigenvalue weighted by Crippen LogP contribution is 2.37. The highest BCUT2D eigenvalue weighted by Gasteiger charge is 2.23. The van der Waals surface area contributed by atoms with E-state index in [1.807, 2.05) is 19.1 Å². The third-order valence-corrected chi connectivity index (χ3v) is 5.57. The van der Waals surface area contributed by atoms with E-state index in [9.17, 15) is 4.79 Å². The number of hydrogen-bond donors (Lipinski definition) is 1. The average Bonchev–Trinajstić information content (AvgIpc) is 2.73. The first-order valence-corrected chi connectivity index (χ1v) is 10.4. The van der Waals surface area contributed by atoms with Gasteiger partial charge in [0.2, 0.25) is 5.91 Å². The zero-order valence-electron chi connectivity index (χ0n) is 17.2. The lowest BCUT2D eigenvalue weighted by atomic mass is 9.81. The molecule has 1 unspecified atom stereocenters. The van der Waals surface area contributed by atoms with Crippen LogP contribution in [0.2, 0.25) is 5.02 Å². The van der Waals surface area contributed by atoms with Gasteiger partial charge in [0.05, 0.1) is 25.8 Å². The van der Waals surface area contributed by atoms with Gasteiger partial charge in [0.1, 0.15) is 5.75 Å². The smallest absolute Gasteiger partial charge is 0.220 e. The lowest BCUT2D eigenvalue weighted by molar-refractivity contribution is -0.121. The van der Waals surface area contributed by atoms with Crippen LogP contribution in [-0.4, -0.2) is 26.7 Å². The molecule has 1 amide bonds.